The molecule has 3 N–H and O–H groups in total. The molecule has 120 valence electrons. The number of rotatable bonds is 8. The van der Waals surface area contributed by atoms with Gasteiger partial charge in [-0.05, 0) is 44.3 Å². The maximum Gasteiger partial charge on any atom is 0.240 e. The van der Waals surface area contributed by atoms with Crippen molar-refractivity contribution in [3.05, 3.63) is 23.8 Å². The number of hydrogen-bond donors (Lipinski definition) is 3. The molecular weight excluding hydrogens is 314 g/mol. The normalized spacial score (nSPS) is 12.5. The summed E-state index contributed by atoms with van der Waals surface area (Å²) in [5, 5.41) is 3.01. The van der Waals surface area contributed by atoms with Gasteiger partial charge < -0.3 is 5.32 Å². The van der Waals surface area contributed by atoms with E-state index in [1.807, 2.05) is 6.92 Å². The Kier molecular flexibility index (Phi) is 6.29. The Morgan fingerprint density at radius 1 is 1.05 bits per heavy atom. The van der Waals surface area contributed by atoms with Crippen LogP contribution in [0.3, 0.4) is 0 Å². The Morgan fingerprint density at radius 3 is 2.24 bits per heavy atom. The average Bonchev–Trinajstić information content (AvgIpc) is 2.43. The molecule has 9 heteroatoms. The second kappa shape index (κ2) is 7.32. The van der Waals surface area contributed by atoms with Crippen molar-refractivity contribution < 1.29 is 16.8 Å². The molecule has 7 nitrogen and oxygen atoms in total. The van der Waals surface area contributed by atoms with Crippen LogP contribution in [0.5, 0.6) is 0 Å². The minimum atomic E-state index is -3.64. The van der Waals surface area contributed by atoms with Crippen LogP contribution in [0.15, 0.2) is 28.0 Å². The third kappa shape index (κ3) is 4.75. The van der Waals surface area contributed by atoms with Gasteiger partial charge in [0.05, 0.1) is 9.79 Å². The molecule has 1 aromatic carbocycles. The molecule has 0 spiro atoms. The molecular formula is C12H21N3O4S2. The third-order valence-electron chi connectivity index (χ3n) is 2.86. The van der Waals surface area contributed by atoms with E-state index < -0.39 is 20.0 Å². The standard InChI is InChI=1S/C12H21N3O4S2/c1-4-14-7-8-15-20(16,17)11-5-6-12(10(2)9-11)21(18,19)13-3/h5-6,9,13-15H,4,7-8H2,1-3H3. The number of benzene rings is 1. The van der Waals surface area contributed by atoms with Crippen molar-refractivity contribution >= 4 is 20.0 Å². The molecule has 0 saturated heterocycles. The van der Waals surface area contributed by atoms with E-state index >= 15 is 0 Å². The molecule has 0 radical (unpaired) electrons. The smallest absolute Gasteiger partial charge is 0.240 e. The maximum absolute atomic E-state index is 12.1. The SMILES string of the molecule is CCNCCNS(=O)(=O)c1ccc(S(=O)(=O)NC)c(C)c1. The Balaban J connectivity index is 2.98. The lowest BCUT2D eigenvalue weighted by molar-refractivity contribution is 0.576. The van der Waals surface area contributed by atoms with Gasteiger partial charge >= 0.3 is 0 Å². The first-order valence-electron chi connectivity index (χ1n) is 6.49. The van der Waals surface area contributed by atoms with Crippen molar-refractivity contribution in [1.82, 2.24) is 14.8 Å². The van der Waals surface area contributed by atoms with Crippen molar-refractivity contribution in [2.75, 3.05) is 26.7 Å². The summed E-state index contributed by atoms with van der Waals surface area (Å²) in [6, 6.07) is 3.92. The van der Waals surface area contributed by atoms with E-state index in [-0.39, 0.29) is 16.3 Å². The number of hydrogen-bond acceptors (Lipinski definition) is 5. The van der Waals surface area contributed by atoms with Crippen molar-refractivity contribution in [2.45, 2.75) is 23.6 Å². The van der Waals surface area contributed by atoms with Crippen molar-refractivity contribution in [2.24, 2.45) is 0 Å². The van der Waals surface area contributed by atoms with Crippen molar-refractivity contribution in [1.29, 1.82) is 0 Å². The summed E-state index contributed by atoms with van der Waals surface area (Å²) in [7, 11) is -5.92. The minimum absolute atomic E-state index is 0.0477. The summed E-state index contributed by atoms with van der Waals surface area (Å²) in [6.45, 7) is 5.05. The molecule has 1 rings (SSSR count). The van der Waals surface area contributed by atoms with Gasteiger partial charge in [-0.3, -0.25) is 0 Å². The summed E-state index contributed by atoms with van der Waals surface area (Å²) in [5.41, 5.74) is 0.374. The first-order valence-corrected chi connectivity index (χ1v) is 9.46. The fraction of sp³-hybridized carbons (Fsp3) is 0.500. The highest BCUT2D eigenvalue weighted by atomic mass is 32.2. The van der Waals surface area contributed by atoms with Gasteiger partial charge in [-0.15, -0.1) is 0 Å². The third-order valence-corrected chi connectivity index (χ3v) is 5.89. The van der Waals surface area contributed by atoms with E-state index in [0.717, 1.165) is 6.54 Å². The largest absolute Gasteiger partial charge is 0.316 e. The summed E-state index contributed by atoms with van der Waals surface area (Å²) in [5.74, 6) is 0. The first kappa shape index (κ1) is 18.1. The molecule has 1 aromatic rings. The van der Waals surface area contributed by atoms with E-state index in [0.29, 0.717) is 12.1 Å². The molecule has 0 bridgehead atoms. The highest BCUT2D eigenvalue weighted by molar-refractivity contribution is 7.90. The summed E-state index contributed by atoms with van der Waals surface area (Å²) < 4.78 is 52.3. The van der Waals surface area contributed by atoms with Crippen LogP contribution < -0.4 is 14.8 Å². The summed E-state index contributed by atoms with van der Waals surface area (Å²) in [4.78, 5) is 0.114. The zero-order valence-electron chi connectivity index (χ0n) is 12.3. The van der Waals surface area contributed by atoms with Gasteiger partial charge in [0.15, 0.2) is 0 Å². The van der Waals surface area contributed by atoms with Gasteiger partial charge in [0, 0.05) is 13.1 Å². The molecule has 0 heterocycles. The predicted molar refractivity (Wildman–Crippen MR) is 81.2 cm³/mol. The van der Waals surface area contributed by atoms with Gasteiger partial charge in [-0.25, -0.2) is 26.3 Å². The lowest BCUT2D eigenvalue weighted by Crippen LogP contribution is -2.31. The molecule has 0 aromatic heterocycles. The molecule has 0 atom stereocenters. The Hall–Kier alpha value is -1.00. The fourth-order valence-electron chi connectivity index (χ4n) is 1.73. The molecule has 0 aliphatic rings. The quantitative estimate of drug-likeness (QED) is 0.570. The van der Waals surface area contributed by atoms with Gasteiger partial charge in [0.2, 0.25) is 20.0 Å². The Bertz CT molecular complexity index is 684. The zero-order chi connectivity index (χ0) is 16.1. The van der Waals surface area contributed by atoms with Crippen LogP contribution in [0.2, 0.25) is 0 Å². The number of nitrogens with one attached hydrogen (secondary N) is 3. The summed E-state index contributed by atoms with van der Waals surface area (Å²) in [6.07, 6.45) is 0. The van der Waals surface area contributed by atoms with Crippen LogP contribution in [0.1, 0.15) is 12.5 Å². The highest BCUT2D eigenvalue weighted by Crippen LogP contribution is 2.19. The number of sulfonamides is 2. The van der Waals surface area contributed by atoms with E-state index in [4.69, 9.17) is 0 Å². The van der Waals surface area contributed by atoms with Crippen LogP contribution >= 0.6 is 0 Å². The van der Waals surface area contributed by atoms with E-state index in [2.05, 4.69) is 14.8 Å². The molecule has 0 aliphatic heterocycles. The number of likely N-dealkylation sites (N-methyl/N-ethyl adjacent to an activating group) is 1. The van der Waals surface area contributed by atoms with E-state index in [9.17, 15) is 16.8 Å². The van der Waals surface area contributed by atoms with Crippen LogP contribution in [-0.4, -0.2) is 43.5 Å². The molecule has 0 fully saturated rings. The molecule has 0 unspecified atom stereocenters. The van der Waals surface area contributed by atoms with Crippen molar-refractivity contribution in [3.63, 3.8) is 0 Å². The van der Waals surface area contributed by atoms with Gasteiger partial charge in [0.1, 0.15) is 0 Å². The van der Waals surface area contributed by atoms with Crippen LogP contribution in [-0.2, 0) is 20.0 Å². The molecule has 21 heavy (non-hydrogen) atoms. The van der Waals surface area contributed by atoms with Gasteiger partial charge in [0.25, 0.3) is 0 Å². The second-order valence-corrected chi connectivity index (χ2v) is 8.01. The van der Waals surface area contributed by atoms with Gasteiger partial charge in [-0.1, -0.05) is 6.92 Å². The fourth-order valence-corrected chi connectivity index (χ4v) is 3.80. The van der Waals surface area contributed by atoms with Crippen LogP contribution in [0, 0.1) is 6.92 Å². The predicted octanol–water partition coefficient (Wildman–Crippen LogP) is -0.209. The molecule has 0 amide bonds. The Morgan fingerprint density at radius 2 is 1.71 bits per heavy atom. The monoisotopic (exact) mass is 335 g/mol. The number of aryl methyl sites for hydroxylation is 1. The van der Waals surface area contributed by atoms with Gasteiger partial charge in [-0.2, -0.15) is 0 Å². The topological polar surface area (TPSA) is 104 Å². The second-order valence-electron chi connectivity index (χ2n) is 4.39. The highest BCUT2D eigenvalue weighted by Gasteiger charge is 2.19. The van der Waals surface area contributed by atoms with E-state index in [1.165, 1.54) is 25.2 Å². The lowest BCUT2D eigenvalue weighted by Gasteiger charge is -2.10. The average molecular weight is 335 g/mol. The van der Waals surface area contributed by atoms with Crippen molar-refractivity contribution in [3.8, 4) is 0 Å². The van der Waals surface area contributed by atoms with Crippen LogP contribution in [0.4, 0.5) is 0 Å². The summed E-state index contributed by atoms with van der Waals surface area (Å²) >= 11 is 0. The molecule has 0 aliphatic carbocycles. The minimum Gasteiger partial charge on any atom is -0.316 e. The first-order chi connectivity index (χ1) is 9.74. The lowest BCUT2D eigenvalue weighted by atomic mass is 10.2. The maximum atomic E-state index is 12.1. The van der Waals surface area contributed by atoms with Crippen LogP contribution in [0.25, 0.3) is 0 Å². The Labute approximate surface area is 126 Å². The van der Waals surface area contributed by atoms with E-state index in [1.54, 1.807) is 6.92 Å². The molecule has 0 saturated carbocycles. The zero-order valence-corrected chi connectivity index (χ0v) is 13.9.